The zero-order valence-corrected chi connectivity index (χ0v) is 10.8. The molecule has 3 N–H and O–H groups in total. The molecule has 1 unspecified atom stereocenters. The summed E-state index contributed by atoms with van der Waals surface area (Å²) in [5.74, 6) is 0.290. The molecular weight excluding hydrogens is 244 g/mol. The average molecular weight is 260 g/mol. The lowest BCUT2D eigenvalue weighted by Crippen LogP contribution is -2.32. The summed E-state index contributed by atoms with van der Waals surface area (Å²) in [6, 6.07) is 1.60. The van der Waals surface area contributed by atoms with Crippen LogP contribution in [0.25, 0.3) is 0 Å². The van der Waals surface area contributed by atoms with Crippen LogP contribution in [0.5, 0.6) is 5.88 Å². The molecule has 0 saturated carbocycles. The highest BCUT2D eigenvalue weighted by atomic mass is 32.2. The summed E-state index contributed by atoms with van der Waals surface area (Å²) in [7, 11) is -2.11. The van der Waals surface area contributed by atoms with E-state index in [1.54, 1.807) is 13.0 Å². The fourth-order valence-corrected chi connectivity index (χ4v) is 1.84. The van der Waals surface area contributed by atoms with E-state index < -0.39 is 15.3 Å². The summed E-state index contributed by atoms with van der Waals surface area (Å²) in [6.07, 6.45) is 0. The lowest BCUT2D eigenvalue weighted by molar-refractivity contribution is 0.397. The van der Waals surface area contributed by atoms with Crippen molar-refractivity contribution in [3.8, 4) is 5.88 Å². The van der Waals surface area contributed by atoms with E-state index in [0.717, 1.165) is 0 Å². The van der Waals surface area contributed by atoms with E-state index in [2.05, 4.69) is 14.7 Å². The normalized spacial score (nSPS) is 13.2. The van der Waals surface area contributed by atoms with Crippen LogP contribution in [0.4, 0.5) is 5.95 Å². The van der Waals surface area contributed by atoms with E-state index in [0.29, 0.717) is 11.6 Å². The van der Waals surface area contributed by atoms with Crippen LogP contribution in [0.1, 0.15) is 12.6 Å². The second kappa shape index (κ2) is 5.28. The number of anilines is 1. The molecule has 0 aliphatic heterocycles. The van der Waals surface area contributed by atoms with Crippen molar-refractivity contribution in [3.63, 3.8) is 0 Å². The smallest absolute Gasteiger partial charge is 0.240 e. The third kappa shape index (κ3) is 3.53. The van der Waals surface area contributed by atoms with Crippen molar-refractivity contribution in [2.45, 2.75) is 19.1 Å². The van der Waals surface area contributed by atoms with Gasteiger partial charge in [0, 0.05) is 18.3 Å². The number of rotatable bonds is 5. The third-order valence-electron chi connectivity index (χ3n) is 2.14. The molecule has 1 aromatic heterocycles. The minimum atomic E-state index is -3.56. The van der Waals surface area contributed by atoms with Crippen LogP contribution in [0.15, 0.2) is 6.07 Å². The maximum absolute atomic E-state index is 11.7. The lowest BCUT2D eigenvalue weighted by atomic mass is 10.4. The number of methoxy groups -OCH3 is 1. The molecule has 1 atom stereocenters. The van der Waals surface area contributed by atoms with E-state index in [9.17, 15) is 8.42 Å². The molecular formula is C9H16N4O3S. The van der Waals surface area contributed by atoms with Crippen molar-refractivity contribution in [1.29, 1.82) is 0 Å². The van der Waals surface area contributed by atoms with Gasteiger partial charge >= 0.3 is 0 Å². The van der Waals surface area contributed by atoms with Gasteiger partial charge in [0.25, 0.3) is 0 Å². The number of sulfonamides is 1. The number of nitrogens with two attached hydrogens (primary N) is 1. The fraction of sp³-hybridized carbons (Fsp3) is 0.556. The predicted molar refractivity (Wildman–Crippen MR) is 64.4 cm³/mol. The van der Waals surface area contributed by atoms with Gasteiger partial charge in [0.1, 0.15) is 0 Å². The molecule has 0 fully saturated rings. The highest BCUT2D eigenvalue weighted by molar-refractivity contribution is 7.93. The Morgan fingerprint density at radius 1 is 1.53 bits per heavy atom. The van der Waals surface area contributed by atoms with Gasteiger partial charge in [0.05, 0.1) is 12.4 Å². The molecule has 0 saturated heterocycles. The topological polar surface area (TPSA) is 107 Å². The highest BCUT2D eigenvalue weighted by Crippen LogP contribution is 2.13. The Hall–Kier alpha value is -1.41. The molecule has 96 valence electrons. The summed E-state index contributed by atoms with van der Waals surface area (Å²) in [5.41, 5.74) is 5.92. The first kappa shape index (κ1) is 13.7. The van der Waals surface area contributed by atoms with Gasteiger partial charge in [0.2, 0.25) is 21.9 Å². The van der Waals surface area contributed by atoms with Crippen LogP contribution in [-0.2, 0) is 10.0 Å². The fourth-order valence-electron chi connectivity index (χ4n) is 1.04. The first-order chi connectivity index (χ1) is 7.89. The quantitative estimate of drug-likeness (QED) is 0.764. The summed E-state index contributed by atoms with van der Waals surface area (Å²) < 4.78 is 30.7. The Morgan fingerprint density at radius 2 is 2.18 bits per heavy atom. The Bertz CT molecular complexity index is 489. The van der Waals surface area contributed by atoms with Gasteiger partial charge in [-0.25, -0.2) is 13.4 Å². The molecule has 0 amide bonds. The van der Waals surface area contributed by atoms with E-state index in [1.165, 1.54) is 14.0 Å². The van der Waals surface area contributed by atoms with Crippen molar-refractivity contribution in [2.24, 2.45) is 5.73 Å². The summed E-state index contributed by atoms with van der Waals surface area (Å²) in [4.78, 5) is 7.85. The average Bonchev–Trinajstić information content (AvgIpc) is 2.26. The first-order valence-corrected chi connectivity index (χ1v) is 6.55. The molecule has 17 heavy (non-hydrogen) atoms. The van der Waals surface area contributed by atoms with Gasteiger partial charge in [0.15, 0.2) is 0 Å². The van der Waals surface area contributed by atoms with Gasteiger partial charge in [-0.3, -0.25) is 4.72 Å². The van der Waals surface area contributed by atoms with Gasteiger partial charge in [-0.15, -0.1) is 0 Å². The molecule has 0 aliphatic carbocycles. The molecule has 0 aromatic carbocycles. The van der Waals surface area contributed by atoms with Crippen LogP contribution in [0.2, 0.25) is 0 Å². The first-order valence-electron chi connectivity index (χ1n) is 5.00. The van der Waals surface area contributed by atoms with Crippen molar-refractivity contribution in [3.05, 3.63) is 11.8 Å². The molecule has 1 rings (SSSR count). The second-order valence-corrected chi connectivity index (χ2v) is 5.67. The number of aryl methyl sites for hydroxylation is 1. The SMILES string of the molecule is COc1cc(C)nc(NS(=O)(=O)C(C)CN)n1. The summed E-state index contributed by atoms with van der Waals surface area (Å²) in [5, 5.41) is -0.711. The monoisotopic (exact) mass is 260 g/mol. The zero-order chi connectivity index (χ0) is 13.1. The van der Waals surface area contributed by atoms with E-state index >= 15 is 0 Å². The molecule has 0 spiro atoms. The Labute approximate surface area is 100 Å². The minimum Gasteiger partial charge on any atom is -0.481 e. The summed E-state index contributed by atoms with van der Waals surface area (Å²) in [6.45, 7) is 3.25. The van der Waals surface area contributed by atoms with Gasteiger partial charge in [-0.2, -0.15) is 4.98 Å². The number of nitrogens with zero attached hydrogens (tertiary/aromatic N) is 2. The van der Waals surface area contributed by atoms with Crippen molar-refractivity contribution >= 4 is 16.0 Å². The Balaban J connectivity index is 2.99. The van der Waals surface area contributed by atoms with Gasteiger partial charge < -0.3 is 10.5 Å². The predicted octanol–water partition coefficient (Wildman–Crippen LogP) is -0.117. The number of ether oxygens (including phenoxy) is 1. The maximum atomic E-state index is 11.7. The lowest BCUT2D eigenvalue weighted by Gasteiger charge is -2.12. The molecule has 7 nitrogen and oxygen atoms in total. The van der Waals surface area contributed by atoms with Gasteiger partial charge in [-0.05, 0) is 13.8 Å². The Morgan fingerprint density at radius 3 is 2.71 bits per heavy atom. The van der Waals surface area contributed by atoms with E-state index in [4.69, 9.17) is 10.5 Å². The Kier molecular flexibility index (Phi) is 4.24. The van der Waals surface area contributed by atoms with E-state index in [1.807, 2.05) is 0 Å². The molecule has 0 aliphatic rings. The zero-order valence-electron chi connectivity index (χ0n) is 9.97. The van der Waals surface area contributed by atoms with Crippen molar-refractivity contribution in [2.75, 3.05) is 18.4 Å². The van der Waals surface area contributed by atoms with Crippen LogP contribution in [0, 0.1) is 6.92 Å². The largest absolute Gasteiger partial charge is 0.481 e. The van der Waals surface area contributed by atoms with Gasteiger partial charge in [-0.1, -0.05) is 0 Å². The molecule has 8 heteroatoms. The second-order valence-electron chi connectivity index (χ2n) is 3.57. The van der Waals surface area contributed by atoms with Crippen LogP contribution in [0.3, 0.4) is 0 Å². The summed E-state index contributed by atoms with van der Waals surface area (Å²) >= 11 is 0. The van der Waals surface area contributed by atoms with Crippen LogP contribution in [-0.4, -0.2) is 37.3 Å². The van der Waals surface area contributed by atoms with Crippen LogP contribution < -0.4 is 15.2 Å². The minimum absolute atomic E-state index is 0.0119. The number of hydrogen-bond acceptors (Lipinski definition) is 6. The molecule has 0 bridgehead atoms. The number of aromatic nitrogens is 2. The van der Waals surface area contributed by atoms with E-state index in [-0.39, 0.29) is 12.5 Å². The highest BCUT2D eigenvalue weighted by Gasteiger charge is 2.20. The maximum Gasteiger partial charge on any atom is 0.240 e. The number of hydrogen-bond donors (Lipinski definition) is 2. The van der Waals surface area contributed by atoms with Crippen LogP contribution >= 0.6 is 0 Å². The molecule has 1 aromatic rings. The van der Waals surface area contributed by atoms with Crippen molar-refractivity contribution < 1.29 is 13.2 Å². The van der Waals surface area contributed by atoms with Crippen molar-refractivity contribution in [1.82, 2.24) is 9.97 Å². The molecule has 1 heterocycles. The molecule has 0 radical (unpaired) electrons. The standard InChI is InChI=1S/C9H16N4O3S/c1-6-4-8(16-3)12-9(11-6)13-17(14,15)7(2)5-10/h4,7H,5,10H2,1-3H3,(H,11,12,13). The number of nitrogens with one attached hydrogen (secondary N) is 1. The third-order valence-corrected chi connectivity index (χ3v) is 3.85.